The molecule has 0 aliphatic heterocycles. The van der Waals surface area contributed by atoms with Crippen molar-refractivity contribution in [1.82, 2.24) is 19.5 Å². The molecular weight excluding hydrogens is 452 g/mol. The fraction of sp³-hybridized carbons (Fsp3) is 0.261. The molecule has 2 heterocycles. The molecule has 4 aromatic rings. The van der Waals surface area contributed by atoms with Crippen LogP contribution in [0.15, 0.2) is 48.5 Å². The van der Waals surface area contributed by atoms with Crippen molar-refractivity contribution < 1.29 is 9.50 Å². The first-order valence-corrected chi connectivity index (χ1v) is 9.81. The van der Waals surface area contributed by atoms with Crippen LogP contribution in [-0.4, -0.2) is 30.2 Å². The van der Waals surface area contributed by atoms with Crippen molar-refractivity contribution in [3.05, 3.63) is 65.7 Å². The van der Waals surface area contributed by atoms with E-state index in [9.17, 15) is 9.50 Å². The van der Waals surface area contributed by atoms with Gasteiger partial charge < -0.3 is 10.8 Å². The maximum Gasteiger partial charge on any atom is 0.170 e. The molecule has 0 bridgehead atoms. The average Bonchev–Trinajstić information content (AvgIpc) is 3.07. The third-order valence-electron chi connectivity index (χ3n) is 4.92. The number of hydrogen-bond acceptors (Lipinski definition) is 5. The van der Waals surface area contributed by atoms with E-state index in [0.717, 1.165) is 11.3 Å². The first kappa shape index (κ1) is 25.5. The van der Waals surface area contributed by atoms with Crippen LogP contribution < -0.4 is 5.73 Å². The van der Waals surface area contributed by atoms with E-state index in [0.29, 0.717) is 41.2 Å². The highest BCUT2D eigenvalue weighted by molar-refractivity contribution is 5.87. The summed E-state index contributed by atoms with van der Waals surface area (Å²) in [5.41, 5.74) is 8.98. The number of anilines is 1. The van der Waals surface area contributed by atoms with Crippen LogP contribution in [0, 0.1) is 12.7 Å². The number of rotatable bonds is 5. The van der Waals surface area contributed by atoms with Crippen LogP contribution in [0.5, 0.6) is 0 Å². The predicted molar refractivity (Wildman–Crippen MR) is 130 cm³/mol. The molecule has 0 atom stereocenters. The molecule has 0 spiro atoms. The van der Waals surface area contributed by atoms with Crippen molar-refractivity contribution in [3.63, 3.8) is 0 Å². The highest BCUT2D eigenvalue weighted by atomic mass is 35.5. The van der Waals surface area contributed by atoms with Crippen LogP contribution in [0.3, 0.4) is 0 Å². The second kappa shape index (κ2) is 9.81. The van der Waals surface area contributed by atoms with Gasteiger partial charge >= 0.3 is 0 Å². The van der Waals surface area contributed by atoms with Crippen LogP contribution in [0.25, 0.3) is 28.2 Å². The van der Waals surface area contributed by atoms with Crippen LogP contribution in [0.2, 0.25) is 0 Å². The van der Waals surface area contributed by atoms with Crippen molar-refractivity contribution >= 4 is 41.8 Å². The second-order valence-electron chi connectivity index (χ2n) is 8.13. The summed E-state index contributed by atoms with van der Waals surface area (Å²) in [5.74, 6) is 0.976. The van der Waals surface area contributed by atoms with Crippen LogP contribution in [0.1, 0.15) is 31.7 Å². The Labute approximate surface area is 198 Å². The Bertz CT molecular complexity index is 1220. The van der Waals surface area contributed by atoms with Gasteiger partial charge in [-0.1, -0.05) is 29.8 Å². The molecule has 3 N–H and O–H groups in total. The molecule has 6 nitrogen and oxygen atoms in total. The molecule has 0 unspecified atom stereocenters. The van der Waals surface area contributed by atoms with Gasteiger partial charge in [0.05, 0.1) is 5.60 Å². The lowest BCUT2D eigenvalue weighted by atomic mass is 10.0. The quantitative estimate of drug-likeness (QED) is 0.419. The number of aromatic nitrogens is 4. The number of halogens is 3. The van der Waals surface area contributed by atoms with Crippen molar-refractivity contribution in [3.8, 4) is 17.1 Å². The van der Waals surface area contributed by atoms with Gasteiger partial charge in [0.1, 0.15) is 17.5 Å². The van der Waals surface area contributed by atoms with Gasteiger partial charge in [-0.05, 0) is 51.5 Å². The topological polar surface area (TPSA) is 89.9 Å². The Morgan fingerprint density at radius 3 is 2.34 bits per heavy atom. The molecule has 0 amide bonds. The van der Waals surface area contributed by atoms with E-state index in [1.54, 1.807) is 26.0 Å². The van der Waals surface area contributed by atoms with Gasteiger partial charge in [-0.15, -0.1) is 24.8 Å². The third kappa shape index (κ3) is 5.35. The molecule has 4 rings (SSSR count). The Morgan fingerprint density at radius 2 is 1.72 bits per heavy atom. The SMILES string of the molecule is Cc1ccc(-n2c(-c3cccc(F)c3)nc3c(N)nc(CCC(C)(C)O)nc32)cc1.Cl.Cl. The number of fused-ring (bicyclic) bond motifs is 1. The van der Waals surface area contributed by atoms with Gasteiger partial charge in [0.25, 0.3) is 0 Å². The smallest absolute Gasteiger partial charge is 0.170 e. The number of aryl methyl sites for hydroxylation is 2. The van der Waals surface area contributed by atoms with E-state index >= 15 is 0 Å². The third-order valence-corrected chi connectivity index (χ3v) is 4.92. The summed E-state index contributed by atoms with van der Waals surface area (Å²) in [4.78, 5) is 13.8. The van der Waals surface area contributed by atoms with Crippen molar-refractivity contribution in [2.45, 2.75) is 39.2 Å². The fourth-order valence-corrected chi connectivity index (χ4v) is 3.32. The lowest BCUT2D eigenvalue weighted by Crippen LogP contribution is -2.20. The summed E-state index contributed by atoms with van der Waals surface area (Å²) in [7, 11) is 0. The molecule has 9 heteroatoms. The van der Waals surface area contributed by atoms with Crippen LogP contribution in [-0.2, 0) is 6.42 Å². The Kier molecular flexibility index (Phi) is 7.83. The minimum absolute atomic E-state index is 0. The number of nitrogens with zero attached hydrogens (tertiary/aromatic N) is 4. The minimum atomic E-state index is -0.836. The van der Waals surface area contributed by atoms with Crippen LogP contribution in [0.4, 0.5) is 10.2 Å². The van der Waals surface area contributed by atoms with Gasteiger partial charge in [0, 0.05) is 17.7 Å². The van der Waals surface area contributed by atoms with Gasteiger partial charge in [-0.25, -0.2) is 19.3 Å². The fourth-order valence-electron chi connectivity index (χ4n) is 3.32. The van der Waals surface area contributed by atoms with Gasteiger partial charge in [-0.2, -0.15) is 0 Å². The maximum atomic E-state index is 13.9. The van der Waals surface area contributed by atoms with E-state index in [2.05, 4.69) is 9.97 Å². The lowest BCUT2D eigenvalue weighted by Gasteiger charge is -2.16. The van der Waals surface area contributed by atoms with Crippen molar-refractivity contribution in [1.29, 1.82) is 0 Å². The monoisotopic (exact) mass is 477 g/mol. The summed E-state index contributed by atoms with van der Waals surface area (Å²) in [6.07, 6.45) is 0.964. The van der Waals surface area contributed by atoms with E-state index in [-0.39, 0.29) is 36.4 Å². The molecule has 2 aromatic heterocycles. The molecule has 0 fully saturated rings. The zero-order chi connectivity index (χ0) is 21.5. The van der Waals surface area contributed by atoms with Gasteiger partial charge in [0.2, 0.25) is 0 Å². The molecule has 0 aliphatic carbocycles. The first-order chi connectivity index (χ1) is 14.2. The maximum absolute atomic E-state index is 13.9. The molecule has 0 aliphatic rings. The number of benzene rings is 2. The Balaban J connectivity index is 0.00000181. The zero-order valence-corrected chi connectivity index (χ0v) is 19.7. The summed E-state index contributed by atoms with van der Waals surface area (Å²) < 4.78 is 15.8. The van der Waals surface area contributed by atoms with Gasteiger partial charge in [-0.3, -0.25) is 4.57 Å². The Morgan fingerprint density at radius 1 is 1.03 bits per heavy atom. The lowest BCUT2D eigenvalue weighted by molar-refractivity contribution is 0.0708. The van der Waals surface area contributed by atoms with E-state index in [4.69, 9.17) is 10.7 Å². The number of imidazole rings is 1. The molecule has 0 saturated heterocycles. The average molecular weight is 478 g/mol. The minimum Gasteiger partial charge on any atom is -0.390 e. The summed E-state index contributed by atoms with van der Waals surface area (Å²) >= 11 is 0. The first-order valence-electron chi connectivity index (χ1n) is 9.81. The largest absolute Gasteiger partial charge is 0.390 e. The molecule has 0 saturated carbocycles. The summed E-state index contributed by atoms with van der Waals surface area (Å²) in [5, 5.41) is 10.1. The zero-order valence-electron chi connectivity index (χ0n) is 18.0. The van der Waals surface area contributed by atoms with E-state index in [1.165, 1.54) is 12.1 Å². The highest BCUT2D eigenvalue weighted by Gasteiger charge is 2.21. The van der Waals surface area contributed by atoms with Crippen molar-refractivity contribution in [2.24, 2.45) is 0 Å². The highest BCUT2D eigenvalue weighted by Crippen LogP contribution is 2.30. The number of nitrogens with two attached hydrogens (primary N) is 1. The predicted octanol–water partition coefficient (Wildman–Crippen LogP) is 5.06. The number of aliphatic hydroxyl groups is 1. The van der Waals surface area contributed by atoms with Crippen molar-refractivity contribution in [2.75, 3.05) is 5.73 Å². The van der Waals surface area contributed by atoms with Gasteiger partial charge in [0.15, 0.2) is 17.0 Å². The van der Waals surface area contributed by atoms with E-state index in [1.807, 2.05) is 35.8 Å². The Hall–Kier alpha value is -2.74. The molecule has 32 heavy (non-hydrogen) atoms. The summed E-state index contributed by atoms with van der Waals surface area (Å²) in [6, 6.07) is 14.2. The van der Waals surface area contributed by atoms with E-state index < -0.39 is 5.60 Å². The molecule has 170 valence electrons. The molecule has 2 aromatic carbocycles. The molecular formula is C23H26Cl2FN5O. The standard InChI is InChI=1S/C23H24FN5O.2ClH/c1-14-7-9-17(10-8-14)29-21(15-5-4-6-16(24)13-15)28-19-20(25)26-18(27-22(19)29)11-12-23(2,3)30;;/h4-10,13,30H,11-12H2,1-3H3,(H2,25,26,27);2*1H. The van der Waals surface area contributed by atoms with Crippen LogP contribution >= 0.6 is 24.8 Å². The molecule has 0 radical (unpaired) electrons. The number of nitrogen functional groups attached to an aromatic ring is 1. The summed E-state index contributed by atoms with van der Waals surface area (Å²) in [6.45, 7) is 5.50. The normalized spacial score (nSPS) is 11.2. The number of hydrogen-bond donors (Lipinski definition) is 2. The second-order valence-corrected chi connectivity index (χ2v) is 8.13.